The third-order valence-corrected chi connectivity index (χ3v) is 2.61. The molecule has 0 aromatic carbocycles. The summed E-state index contributed by atoms with van der Waals surface area (Å²) in [6, 6.07) is -0.933. The summed E-state index contributed by atoms with van der Waals surface area (Å²) in [5.74, 6) is -1.45. The van der Waals surface area contributed by atoms with Gasteiger partial charge < -0.3 is 36.2 Å². The first-order chi connectivity index (χ1) is 9.29. The second-order valence-electron chi connectivity index (χ2n) is 4.39. The topological polar surface area (TPSA) is 159 Å². The lowest BCUT2D eigenvalue weighted by Crippen LogP contribution is -2.56. The van der Waals surface area contributed by atoms with E-state index >= 15 is 0 Å². The van der Waals surface area contributed by atoms with Crippen molar-refractivity contribution < 1.29 is 35.1 Å². The fraction of sp³-hybridized carbons (Fsp3) is 0.818. The van der Waals surface area contributed by atoms with Gasteiger partial charge in [0, 0.05) is 20.0 Å². The van der Waals surface area contributed by atoms with Crippen LogP contribution in [0.3, 0.4) is 0 Å². The third kappa shape index (κ3) is 7.36. The zero-order valence-electron chi connectivity index (χ0n) is 11.2. The molecule has 0 radical (unpaired) electrons. The minimum Gasteiger partial charge on any atom is -0.481 e. The monoisotopic (exact) mass is 294 g/mol. The van der Waals surface area contributed by atoms with Crippen molar-refractivity contribution in [1.82, 2.24) is 10.6 Å². The van der Waals surface area contributed by atoms with E-state index in [0.717, 1.165) is 0 Å². The number of nitrogens with one attached hydrogen (secondary N) is 2. The van der Waals surface area contributed by atoms with Crippen LogP contribution in [0.25, 0.3) is 0 Å². The standard InChI is InChI=1S/C11H22N2O7/c1-6(15)13-7(4-12-3-2-9(17)18)10(19)11(20)8(16)5-14/h7-8,10-12,14,16,19-20H,2-5H2,1H3,(H,13,15)(H,17,18)/t7-,8+,10+,11+/m0/s1. The van der Waals surface area contributed by atoms with E-state index in [0.29, 0.717) is 0 Å². The average Bonchev–Trinajstić information content (AvgIpc) is 2.38. The normalized spacial score (nSPS) is 17.1. The molecular weight excluding hydrogens is 272 g/mol. The quantitative estimate of drug-likeness (QED) is 0.206. The molecule has 0 aliphatic rings. The number of aliphatic hydroxyl groups is 4. The number of aliphatic hydroxyl groups excluding tert-OH is 4. The summed E-state index contributed by atoms with van der Waals surface area (Å²) in [4.78, 5) is 21.4. The Morgan fingerprint density at radius 1 is 1.15 bits per heavy atom. The largest absolute Gasteiger partial charge is 0.481 e. The second kappa shape index (κ2) is 9.61. The van der Waals surface area contributed by atoms with E-state index in [-0.39, 0.29) is 19.5 Å². The van der Waals surface area contributed by atoms with Crippen LogP contribution >= 0.6 is 0 Å². The summed E-state index contributed by atoms with van der Waals surface area (Å²) in [6.45, 7) is 0.601. The molecule has 0 aromatic heterocycles. The number of carboxylic acids is 1. The van der Waals surface area contributed by atoms with Gasteiger partial charge in [0.05, 0.1) is 19.1 Å². The van der Waals surface area contributed by atoms with Crippen LogP contribution in [0.15, 0.2) is 0 Å². The Bertz CT molecular complexity index is 313. The van der Waals surface area contributed by atoms with E-state index in [1.54, 1.807) is 0 Å². The molecule has 118 valence electrons. The Morgan fingerprint density at radius 3 is 2.20 bits per heavy atom. The van der Waals surface area contributed by atoms with Gasteiger partial charge in [0.2, 0.25) is 5.91 Å². The molecule has 0 heterocycles. The highest BCUT2D eigenvalue weighted by Gasteiger charge is 2.31. The summed E-state index contributed by atoms with van der Waals surface area (Å²) in [6.07, 6.45) is -4.83. The smallest absolute Gasteiger partial charge is 0.304 e. The van der Waals surface area contributed by atoms with Gasteiger partial charge in [0.15, 0.2) is 0 Å². The maximum absolute atomic E-state index is 11.0. The van der Waals surface area contributed by atoms with Gasteiger partial charge in [-0.1, -0.05) is 0 Å². The summed E-state index contributed by atoms with van der Waals surface area (Å²) in [7, 11) is 0. The molecule has 0 saturated carbocycles. The number of carboxylic acid groups (broad SMARTS) is 1. The number of amides is 1. The zero-order valence-corrected chi connectivity index (χ0v) is 11.2. The van der Waals surface area contributed by atoms with E-state index < -0.39 is 42.8 Å². The fourth-order valence-electron chi connectivity index (χ4n) is 1.54. The van der Waals surface area contributed by atoms with Crippen LogP contribution in [0.4, 0.5) is 0 Å². The van der Waals surface area contributed by atoms with Crippen molar-refractivity contribution >= 4 is 11.9 Å². The van der Waals surface area contributed by atoms with Gasteiger partial charge >= 0.3 is 5.97 Å². The number of carbonyl (C=O) groups is 2. The van der Waals surface area contributed by atoms with E-state index in [4.69, 9.17) is 10.2 Å². The lowest BCUT2D eigenvalue weighted by Gasteiger charge is -2.29. The molecule has 9 heteroatoms. The van der Waals surface area contributed by atoms with Crippen LogP contribution in [0, 0.1) is 0 Å². The summed E-state index contributed by atoms with van der Waals surface area (Å²) < 4.78 is 0. The summed E-state index contributed by atoms with van der Waals surface area (Å²) in [5, 5.41) is 50.9. The first-order valence-electron chi connectivity index (χ1n) is 6.14. The van der Waals surface area contributed by atoms with Gasteiger partial charge in [0.25, 0.3) is 0 Å². The van der Waals surface area contributed by atoms with E-state index in [1.165, 1.54) is 6.92 Å². The Balaban J connectivity index is 4.45. The lowest BCUT2D eigenvalue weighted by molar-refractivity contribution is -0.137. The number of hydrogen-bond donors (Lipinski definition) is 7. The molecule has 0 fully saturated rings. The van der Waals surface area contributed by atoms with Gasteiger partial charge in [-0.05, 0) is 0 Å². The van der Waals surface area contributed by atoms with Crippen molar-refractivity contribution in [2.75, 3.05) is 19.7 Å². The first kappa shape index (κ1) is 18.7. The van der Waals surface area contributed by atoms with Gasteiger partial charge in [0.1, 0.15) is 18.3 Å². The maximum Gasteiger partial charge on any atom is 0.304 e. The van der Waals surface area contributed by atoms with E-state index in [2.05, 4.69) is 10.6 Å². The molecule has 9 nitrogen and oxygen atoms in total. The molecule has 0 rings (SSSR count). The van der Waals surface area contributed by atoms with Crippen LogP contribution in [0.5, 0.6) is 0 Å². The highest BCUT2D eigenvalue weighted by molar-refractivity contribution is 5.73. The van der Waals surface area contributed by atoms with Crippen molar-refractivity contribution in [2.45, 2.75) is 37.7 Å². The molecule has 0 unspecified atom stereocenters. The van der Waals surface area contributed by atoms with Crippen LogP contribution < -0.4 is 10.6 Å². The number of carbonyl (C=O) groups excluding carboxylic acids is 1. The molecule has 0 aliphatic heterocycles. The number of rotatable bonds is 10. The van der Waals surface area contributed by atoms with Gasteiger partial charge in [-0.2, -0.15) is 0 Å². The minimum atomic E-state index is -1.64. The van der Waals surface area contributed by atoms with Crippen molar-refractivity contribution in [2.24, 2.45) is 0 Å². The highest BCUT2D eigenvalue weighted by Crippen LogP contribution is 2.05. The molecule has 0 aliphatic carbocycles. The predicted octanol–water partition coefficient (Wildman–Crippen LogP) is -3.37. The fourth-order valence-corrected chi connectivity index (χ4v) is 1.54. The molecule has 0 saturated heterocycles. The van der Waals surface area contributed by atoms with Crippen LogP contribution in [0.1, 0.15) is 13.3 Å². The number of hydrogen-bond acceptors (Lipinski definition) is 7. The minimum absolute atomic E-state index is 0.00321. The molecule has 0 aromatic rings. The Morgan fingerprint density at radius 2 is 1.75 bits per heavy atom. The van der Waals surface area contributed by atoms with Gasteiger partial charge in [-0.3, -0.25) is 9.59 Å². The van der Waals surface area contributed by atoms with Crippen LogP contribution in [-0.2, 0) is 9.59 Å². The van der Waals surface area contributed by atoms with Crippen molar-refractivity contribution in [3.63, 3.8) is 0 Å². The lowest BCUT2D eigenvalue weighted by atomic mass is 10.0. The van der Waals surface area contributed by atoms with Crippen molar-refractivity contribution in [1.29, 1.82) is 0 Å². The molecule has 20 heavy (non-hydrogen) atoms. The SMILES string of the molecule is CC(=O)N[C@@H](CNCCC(=O)O)[C@@H](O)[C@H](O)[C@H](O)CO. The molecule has 7 N–H and O–H groups in total. The predicted molar refractivity (Wildman–Crippen MR) is 67.8 cm³/mol. The molecule has 0 spiro atoms. The maximum atomic E-state index is 11.0. The van der Waals surface area contributed by atoms with E-state index in [9.17, 15) is 24.9 Å². The second-order valence-corrected chi connectivity index (χ2v) is 4.39. The average molecular weight is 294 g/mol. The Labute approximate surface area is 116 Å². The van der Waals surface area contributed by atoms with Gasteiger partial charge in [-0.15, -0.1) is 0 Å². The Kier molecular flexibility index (Phi) is 9.01. The highest BCUT2D eigenvalue weighted by atomic mass is 16.4. The molecule has 4 atom stereocenters. The Hall–Kier alpha value is -1.26. The molecule has 1 amide bonds. The number of aliphatic carboxylic acids is 1. The van der Waals surface area contributed by atoms with Crippen molar-refractivity contribution in [3.8, 4) is 0 Å². The third-order valence-electron chi connectivity index (χ3n) is 2.61. The molecule has 0 bridgehead atoms. The van der Waals surface area contributed by atoms with Crippen LogP contribution in [-0.4, -0.2) is 81.5 Å². The first-order valence-corrected chi connectivity index (χ1v) is 6.14. The molecular formula is C11H22N2O7. The summed E-state index contributed by atoms with van der Waals surface area (Å²) >= 11 is 0. The van der Waals surface area contributed by atoms with Crippen molar-refractivity contribution in [3.05, 3.63) is 0 Å². The van der Waals surface area contributed by atoms with Crippen LogP contribution in [0.2, 0.25) is 0 Å². The zero-order chi connectivity index (χ0) is 15.7. The van der Waals surface area contributed by atoms with Gasteiger partial charge in [-0.25, -0.2) is 0 Å². The summed E-state index contributed by atoms with van der Waals surface area (Å²) in [5.41, 5.74) is 0. The van der Waals surface area contributed by atoms with E-state index in [1.807, 2.05) is 0 Å².